The van der Waals surface area contributed by atoms with Gasteiger partial charge in [0.15, 0.2) is 5.69 Å². The third-order valence-electron chi connectivity index (χ3n) is 2.01. The van der Waals surface area contributed by atoms with E-state index >= 15 is 0 Å². The predicted molar refractivity (Wildman–Crippen MR) is 52.4 cm³/mol. The van der Waals surface area contributed by atoms with Gasteiger partial charge in [0.2, 0.25) is 0 Å². The van der Waals surface area contributed by atoms with Crippen molar-refractivity contribution >= 4 is 11.7 Å². The van der Waals surface area contributed by atoms with Gasteiger partial charge in [0.1, 0.15) is 12.1 Å². The molecular formula is C9H10N4O2. The molecule has 0 saturated heterocycles. The number of H-pyrrole nitrogens is 1. The highest BCUT2D eigenvalue weighted by Gasteiger charge is 2.11. The van der Waals surface area contributed by atoms with Gasteiger partial charge in [-0.3, -0.25) is 9.89 Å². The summed E-state index contributed by atoms with van der Waals surface area (Å²) >= 11 is 0. The molecule has 0 radical (unpaired) electrons. The van der Waals surface area contributed by atoms with Gasteiger partial charge in [-0.15, -0.1) is 0 Å². The number of rotatable bonds is 3. The fraction of sp³-hybridized carbons (Fsp3) is 0.222. The van der Waals surface area contributed by atoms with Crippen molar-refractivity contribution in [3.05, 3.63) is 29.8 Å². The van der Waals surface area contributed by atoms with E-state index in [0.29, 0.717) is 5.82 Å². The van der Waals surface area contributed by atoms with Gasteiger partial charge in [0, 0.05) is 11.6 Å². The van der Waals surface area contributed by atoms with Crippen LogP contribution in [0.1, 0.15) is 23.0 Å². The molecule has 15 heavy (non-hydrogen) atoms. The molecule has 0 unspecified atom stereocenters. The fourth-order valence-corrected chi connectivity index (χ4v) is 1.19. The second kappa shape index (κ2) is 3.95. The number of aryl methyl sites for hydroxylation is 1. The third kappa shape index (κ3) is 1.88. The standard InChI is InChI=1S/C9H10N4O2/c1-2-6-5-10-12-8(6)11-9(14)7-3-4-15-13-7/h3-5H,2H2,1H3,(H2,10,11,12,14). The zero-order chi connectivity index (χ0) is 10.7. The first-order valence-electron chi connectivity index (χ1n) is 4.55. The van der Waals surface area contributed by atoms with E-state index in [9.17, 15) is 4.79 Å². The molecular weight excluding hydrogens is 196 g/mol. The maximum atomic E-state index is 11.6. The Morgan fingerprint density at radius 1 is 1.67 bits per heavy atom. The van der Waals surface area contributed by atoms with Gasteiger partial charge in [0.05, 0.1) is 6.20 Å². The number of hydrogen-bond acceptors (Lipinski definition) is 4. The minimum absolute atomic E-state index is 0.242. The van der Waals surface area contributed by atoms with Crippen LogP contribution in [-0.4, -0.2) is 21.3 Å². The minimum Gasteiger partial charge on any atom is -0.364 e. The summed E-state index contributed by atoms with van der Waals surface area (Å²) in [7, 11) is 0. The molecule has 0 fully saturated rings. The Morgan fingerprint density at radius 3 is 3.20 bits per heavy atom. The van der Waals surface area contributed by atoms with E-state index < -0.39 is 0 Å². The summed E-state index contributed by atoms with van der Waals surface area (Å²) in [5, 5.41) is 12.7. The molecule has 0 aromatic carbocycles. The first kappa shape index (κ1) is 9.45. The number of amides is 1. The Kier molecular flexibility index (Phi) is 2.49. The largest absolute Gasteiger partial charge is 0.364 e. The quantitative estimate of drug-likeness (QED) is 0.790. The molecule has 0 atom stereocenters. The van der Waals surface area contributed by atoms with E-state index in [2.05, 4.69) is 25.2 Å². The molecule has 2 N–H and O–H groups in total. The van der Waals surface area contributed by atoms with Crippen molar-refractivity contribution in [1.82, 2.24) is 15.4 Å². The van der Waals surface area contributed by atoms with Crippen molar-refractivity contribution in [2.45, 2.75) is 13.3 Å². The van der Waals surface area contributed by atoms with Gasteiger partial charge in [-0.25, -0.2) is 0 Å². The van der Waals surface area contributed by atoms with E-state index in [1.165, 1.54) is 12.3 Å². The Hall–Kier alpha value is -2.11. The van der Waals surface area contributed by atoms with Gasteiger partial charge in [-0.1, -0.05) is 12.1 Å². The number of hydrogen-bond donors (Lipinski definition) is 2. The molecule has 2 rings (SSSR count). The average Bonchev–Trinajstić information content (AvgIpc) is 2.87. The number of aromatic nitrogens is 3. The Balaban J connectivity index is 2.13. The molecule has 1 amide bonds. The molecule has 0 aliphatic heterocycles. The maximum Gasteiger partial charge on any atom is 0.278 e. The summed E-state index contributed by atoms with van der Waals surface area (Å²) in [6, 6.07) is 1.50. The van der Waals surface area contributed by atoms with E-state index in [1.807, 2.05) is 6.92 Å². The van der Waals surface area contributed by atoms with Crippen molar-refractivity contribution in [2.24, 2.45) is 0 Å². The lowest BCUT2D eigenvalue weighted by molar-refractivity contribution is 0.101. The topological polar surface area (TPSA) is 83.8 Å². The van der Waals surface area contributed by atoms with Crippen LogP contribution in [0.15, 0.2) is 23.0 Å². The lowest BCUT2D eigenvalue weighted by Crippen LogP contribution is -2.13. The number of nitrogens with zero attached hydrogens (tertiary/aromatic N) is 2. The van der Waals surface area contributed by atoms with Crippen LogP contribution in [0.4, 0.5) is 5.82 Å². The lowest BCUT2D eigenvalue weighted by atomic mass is 10.2. The molecule has 2 aromatic heterocycles. The van der Waals surface area contributed by atoms with Gasteiger partial charge in [0.25, 0.3) is 5.91 Å². The summed E-state index contributed by atoms with van der Waals surface area (Å²) in [5.74, 6) is 0.285. The highest BCUT2D eigenvalue weighted by atomic mass is 16.5. The maximum absolute atomic E-state index is 11.6. The fourth-order valence-electron chi connectivity index (χ4n) is 1.19. The number of nitrogens with one attached hydrogen (secondary N) is 2. The van der Waals surface area contributed by atoms with Crippen molar-refractivity contribution < 1.29 is 9.32 Å². The number of carbonyl (C=O) groups excluding carboxylic acids is 1. The Morgan fingerprint density at radius 2 is 2.53 bits per heavy atom. The van der Waals surface area contributed by atoms with E-state index in [0.717, 1.165) is 12.0 Å². The molecule has 78 valence electrons. The van der Waals surface area contributed by atoms with Crippen molar-refractivity contribution in [2.75, 3.05) is 5.32 Å². The average molecular weight is 206 g/mol. The van der Waals surface area contributed by atoms with Crippen LogP contribution < -0.4 is 5.32 Å². The first-order chi connectivity index (χ1) is 7.31. The van der Waals surface area contributed by atoms with Crippen LogP contribution in [0.25, 0.3) is 0 Å². The summed E-state index contributed by atoms with van der Waals surface area (Å²) < 4.78 is 4.57. The number of aromatic amines is 1. The van der Waals surface area contributed by atoms with Crippen LogP contribution in [0, 0.1) is 0 Å². The Bertz CT molecular complexity index is 446. The number of anilines is 1. The first-order valence-corrected chi connectivity index (χ1v) is 4.55. The summed E-state index contributed by atoms with van der Waals surface area (Å²) in [4.78, 5) is 11.6. The highest BCUT2D eigenvalue weighted by Crippen LogP contribution is 2.12. The zero-order valence-corrected chi connectivity index (χ0v) is 8.15. The SMILES string of the molecule is CCc1cn[nH]c1NC(=O)c1ccon1. The van der Waals surface area contributed by atoms with Crippen molar-refractivity contribution in [3.63, 3.8) is 0 Å². The smallest absolute Gasteiger partial charge is 0.278 e. The molecule has 0 aliphatic rings. The minimum atomic E-state index is -0.317. The summed E-state index contributed by atoms with van der Waals surface area (Å²) in [6.07, 6.45) is 3.83. The second-order valence-electron chi connectivity index (χ2n) is 2.96. The predicted octanol–water partition coefficient (Wildman–Crippen LogP) is 1.21. The summed E-state index contributed by atoms with van der Waals surface area (Å²) in [5.41, 5.74) is 1.19. The highest BCUT2D eigenvalue weighted by molar-refractivity contribution is 6.02. The van der Waals surface area contributed by atoms with E-state index in [-0.39, 0.29) is 11.6 Å². The van der Waals surface area contributed by atoms with Crippen molar-refractivity contribution in [1.29, 1.82) is 0 Å². The van der Waals surface area contributed by atoms with Crippen LogP contribution in [-0.2, 0) is 6.42 Å². The second-order valence-corrected chi connectivity index (χ2v) is 2.96. The normalized spacial score (nSPS) is 10.2. The van der Waals surface area contributed by atoms with Crippen LogP contribution in [0.3, 0.4) is 0 Å². The van der Waals surface area contributed by atoms with Crippen molar-refractivity contribution in [3.8, 4) is 0 Å². The molecule has 0 bridgehead atoms. The van der Waals surface area contributed by atoms with Gasteiger partial charge in [-0.2, -0.15) is 5.10 Å². The molecule has 2 aromatic rings. The molecule has 0 spiro atoms. The Labute approximate surface area is 85.7 Å². The van der Waals surface area contributed by atoms with Crippen LogP contribution >= 0.6 is 0 Å². The van der Waals surface area contributed by atoms with Gasteiger partial charge in [-0.05, 0) is 6.42 Å². The van der Waals surface area contributed by atoms with Gasteiger partial charge < -0.3 is 9.84 Å². The molecule has 0 saturated carbocycles. The number of carbonyl (C=O) groups is 1. The van der Waals surface area contributed by atoms with E-state index in [1.54, 1.807) is 6.20 Å². The third-order valence-corrected chi connectivity index (χ3v) is 2.01. The molecule has 6 heteroatoms. The molecule has 2 heterocycles. The van der Waals surface area contributed by atoms with E-state index in [4.69, 9.17) is 0 Å². The molecule has 0 aliphatic carbocycles. The lowest BCUT2D eigenvalue weighted by Gasteiger charge is -2.01. The van der Waals surface area contributed by atoms with Gasteiger partial charge >= 0.3 is 0 Å². The molecule has 6 nitrogen and oxygen atoms in total. The van der Waals surface area contributed by atoms with Crippen LogP contribution in [0.2, 0.25) is 0 Å². The monoisotopic (exact) mass is 206 g/mol. The summed E-state index contributed by atoms with van der Waals surface area (Å²) in [6.45, 7) is 1.98. The van der Waals surface area contributed by atoms with Crippen LogP contribution in [0.5, 0.6) is 0 Å². The zero-order valence-electron chi connectivity index (χ0n) is 8.15.